The van der Waals surface area contributed by atoms with E-state index in [0.717, 1.165) is 6.07 Å². The van der Waals surface area contributed by atoms with Gasteiger partial charge in [0.05, 0.1) is 6.42 Å². The van der Waals surface area contributed by atoms with Gasteiger partial charge in [0.1, 0.15) is 38.7 Å². The van der Waals surface area contributed by atoms with Crippen molar-refractivity contribution in [1.82, 2.24) is 9.71 Å². The number of halogens is 3. The summed E-state index contributed by atoms with van der Waals surface area (Å²) in [4.78, 5) is 16.3. The predicted octanol–water partition coefficient (Wildman–Crippen LogP) is 3.93. The number of alkyl halides is 1. The van der Waals surface area contributed by atoms with E-state index in [4.69, 9.17) is 4.74 Å². The van der Waals surface area contributed by atoms with Crippen molar-refractivity contribution in [2.24, 2.45) is 0 Å². The fourth-order valence-electron chi connectivity index (χ4n) is 2.01. The molecule has 0 fully saturated rings. The van der Waals surface area contributed by atoms with E-state index in [1.165, 1.54) is 6.07 Å². The van der Waals surface area contributed by atoms with Crippen LogP contribution in [0.4, 0.5) is 8.78 Å². The SMILES string of the molecule is CC(C)(C)OC(=O)C[C@](CF)(N[S+]([O-])C(C)(C)C)c1nc(Br)ccc1F. The number of hydrogen-bond donors (Lipinski definition) is 1. The number of carbonyl (C=O) groups is 1. The molecule has 0 aliphatic carbocycles. The molecule has 0 amide bonds. The van der Waals surface area contributed by atoms with Gasteiger partial charge in [-0.05, 0) is 69.6 Å². The van der Waals surface area contributed by atoms with Crippen LogP contribution in [0.25, 0.3) is 0 Å². The first-order valence-electron chi connectivity index (χ1n) is 8.00. The van der Waals surface area contributed by atoms with Gasteiger partial charge in [-0.15, -0.1) is 4.72 Å². The van der Waals surface area contributed by atoms with Crippen LogP contribution < -0.4 is 4.72 Å². The lowest BCUT2D eigenvalue weighted by atomic mass is 9.92. The predicted molar refractivity (Wildman–Crippen MR) is 101 cm³/mol. The Morgan fingerprint density at radius 3 is 2.35 bits per heavy atom. The molecule has 0 aliphatic rings. The van der Waals surface area contributed by atoms with Gasteiger partial charge in [0, 0.05) is 11.4 Å². The molecule has 2 atom stereocenters. The van der Waals surface area contributed by atoms with Gasteiger partial charge in [-0.2, -0.15) is 0 Å². The van der Waals surface area contributed by atoms with E-state index in [9.17, 15) is 18.1 Å². The van der Waals surface area contributed by atoms with Gasteiger partial charge in [0.25, 0.3) is 0 Å². The molecular weight excluding hydrogens is 430 g/mol. The molecule has 1 unspecified atom stereocenters. The number of hydrogen-bond acceptors (Lipinski definition) is 5. The molecule has 0 saturated heterocycles. The molecule has 1 heterocycles. The van der Waals surface area contributed by atoms with Crippen molar-refractivity contribution in [2.75, 3.05) is 6.67 Å². The van der Waals surface area contributed by atoms with E-state index in [-0.39, 0.29) is 10.3 Å². The Labute approximate surface area is 164 Å². The molecule has 0 radical (unpaired) electrons. The quantitative estimate of drug-likeness (QED) is 0.400. The zero-order valence-corrected chi connectivity index (χ0v) is 18.2. The highest BCUT2D eigenvalue weighted by Gasteiger charge is 2.46. The van der Waals surface area contributed by atoms with Crippen molar-refractivity contribution in [1.29, 1.82) is 0 Å². The summed E-state index contributed by atoms with van der Waals surface area (Å²) in [6, 6.07) is 2.46. The molecule has 9 heteroatoms. The van der Waals surface area contributed by atoms with Crippen LogP contribution in [-0.4, -0.2) is 32.5 Å². The fourth-order valence-corrected chi connectivity index (χ4v) is 3.21. The third-order valence-electron chi connectivity index (χ3n) is 3.20. The Bertz CT molecular complexity index is 650. The molecule has 0 saturated carbocycles. The summed E-state index contributed by atoms with van der Waals surface area (Å²) >= 11 is 1.34. The largest absolute Gasteiger partial charge is 0.598 e. The summed E-state index contributed by atoms with van der Waals surface area (Å²) in [5.74, 6) is -1.57. The maximum absolute atomic E-state index is 14.4. The minimum atomic E-state index is -1.92. The smallest absolute Gasteiger partial charge is 0.308 e. The van der Waals surface area contributed by atoms with Crippen molar-refractivity contribution in [3.8, 4) is 0 Å². The molecule has 0 aromatic carbocycles. The molecule has 0 bridgehead atoms. The Hall–Kier alpha value is -0.770. The highest BCUT2D eigenvalue weighted by molar-refractivity contribution is 9.10. The first kappa shape index (κ1) is 23.3. The fraction of sp³-hybridized carbons (Fsp3) is 0.647. The normalized spacial score (nSPS) is 16.1. The highest BCUT2D eigenvalue weighted by atomic mass is 79.9. The summed E-state index contributed by atoms with van der Waals surface area (Å²) in [6.45, 7) is 8.84. The molecule has 0 aliphatic heterocycles. The molecule has 0 spiro atoms. The van der Waals surface area contributed by atoms with E-state index in [1.54, 1.807) is 41.5 Å². The number of nitrogens with one attached hydrogen (secondary N) is 1. The minimum Gasteiger partial charge on any atom is -0.598 e. The van der Waals surface area contributed by atoms with Gasteiger partial charge >= 0.3 is 5.97 Å². The van der Waals surface area contributed by atoms with Crippen LogP contribution in [0, 0.1) is 5.82 Å². The average molecular weight is 455 g/mol. The lowest BCUT2D eigenvalue weighted by Gasteiger charge is -2.35. The van der Waals surface area contributed by atoms with Crippen LogP contribution in [0.5, 0.6) is 0 Å². The first-order valence-corrected chi connectivity index (χ1v) is 9.94. The van der Waals surface area contributed by atoms with E-state index < -0.39 is 52.1 Å². The maximum atomic E-state index is 14.4. The summed E-state index contributed by atoms with van der Waals surface area (Å²) in [5, 5.41) is 0. The van der Waals surface area contributed by atoms with Gasteiger partial charge in [0.15, 0.2) is 0 Å². The maximum Gasteiger partial charge on any atom is 0.308 e. The van der Waals surface area contributed by atoms with Crippen molar-refractivity contribution < 1.29 is 22.9 Å². The number of nitrogens with zero attached hydrogens (tertiary/aromatic N) is 1. The lowest BCUT2D eigenvalue weighted by Crippen LogP contribution is -2.55. The van der Waals surface area contributed by atoms with Gasteiger partial charge < -0.3 is 9.29 Å². The Balaban J connectivity index is 3.38. The number of rotatable bonds is 6. The number of pyridine rings is 1. The van der Waals surface area contributed by atoms with Crippen molar-refractivity contribution in [3.63, 3.8) is 0 Å². The molecule has 26 heavy (non-hydrogen) atoms. The first-order chi connectivity index (χ1) is 11.7. The third kappa shape index (κ3) is 6.44. The number of ether oxygens (including phenoxy) is 1. The van der Waals surface area contributed by atoms with E-state index in [2.05, 4.69) is 25.6 Å². The molecule has 1 N–H and O–H groups in total. The summed E-state index contributed by atoms with van der Waals surface area (Å²) < 4.78 is 48.6. The molecule has 1 rings (SSSR count). The second kappa shape index (κ2) is 8.50. The number of carbonyl (C=O) groups excluding carboxylic acids is 1. The monoisotopic (exact) mass is 454 g/mol. The van der Waals surface area contributed by atoms with Crippen LogP contribution in [0.15, 0.2) is 16.7 Å². The van der Waals surface area contributed by atoms with E-state index >= 15 is 0 Å². The summed E-state index contributed by atoms with van der Waals surface area (Å²) in [5.41, 5.74) is -3.06. The van der Waals surface area contributed by atoms with Crippen molar-refractivity contribution >= 4 is 33.3 Å². The van der Waals surface area contributed by atoms with Crippen LogP contribution in [-0.2, 0) is 26.4 Å². The van der Waals surface area contributed by atoms with Gasteiger partial charge in [-0.1, -0.05) is 0 Å². The van der Waals surface area contributed by atoms with Crippen LogP contribution >= 0.6 is 15.9 Å². The topological polar surface area (TPSA) is 74.3 Å². The van der Waals surface area contributed by atoms with Crippen molar-refractivity contribution in [3.05, 3.63) is 28.2 Å². The van der Waals surface area contributed by atoms with Gasteiger partial charge in [0.2, 0.25) is 0 Å². The number of esters is 1. The second-order valence-electron chi connectivity index (χ2n) is 7.93. The van der Waals surface area contributed by atoms with E-state index in [1.807, 2.05) is 0 Å². The average Bonchev–Trinajstić information content (AvgIpc) is 2.46. The molecule has 148 valence electrons. The van der Waals surface area contributed by atoms with Crippen LogP contribution in [0.2, 0.25) is 0 Å². The van der Waals surface area contributed by atoms with E-state index in [0.29, 0.717) is 0 Å². The molecule has 5 nitrogen and oxygen atoms in total. The zero-order chi connectivity index (χ0) is 20.3. The van der Waals surface area contributed by atoms with Gasteiger partial charge in [-0.25, -0.2) is 13.8 Å². The van der Waals surface area contributed by atoms with Gasteiger partial charge in [-0.3, -0.25) is 4.79 Å². The molecular formula is C17H25BrF2N2O3S. The van der Waals surface area contributed by atoms with Crippen molar-refractivity contribution in [2.45, 2.75) is 63.9 Å². The zero-order valence-electron chi connectivity index (χ0n) is 15.8. The lowest BCUT2D eigenvalue weighted by molar-refractivity contribution is -0.156. The highest BCUT2D eigenvalue weighted by Crippen LogP contribution is 2.32. The summed E-state index contributed by atoms with van der Waals surface area (Å²) in [7, 11) is 0. The van der Waals surface area contributed by atoms with Crippen LogP contribution in [0.1, 0.15) is 53.7 Å². The Kier molecular flexibility index (Phi) is 7.60. The number of aromatic nitrogens is 1. The Morgan fingerprint density at radius 1 is 1.31 bits per heavy atom. The standard InChI is InChI=1S/C17H25BrF2N2O3S/c1-15(2,3)25-13(23)9-17(10-19,22-26(24)16(4,5)6)14-11(20)7-8-12(18)21-14/h7-8,22H,9-10H2,1-6H3/t17-,26?/m1/s1. The Morgan fingerprint density at radius 2 is 1.88 bits per heavy atom. The molecule has 1 aromatic rings. The second-order valence-corrected chi connectivity index (χ2v) is 10.7. The molecule has 1 aromatic heterocycles. The van der Waals surface area contributed by atoms with Crippen LogP contribution in [0.3, 0.4) is 0 Å². The summed E-state index contributed by atoms with van der Waals surface area (Å²) in [6.07, 6.45) is -0.567. The third-order valence-corrected chi connectivity index (χ3v) is 5.33. The minimum absolute atomic E-state index is 0.263.